The van der Waals surface area contributed by atoms with Gasteiger partial charge in [0.2, 0.25) is 0 Å². The van der Waals surface area contributed by atoms with E-state index in [1.54, 1.807) is 0 Å². The van der Waals surface area contributed by atoms with Crippen LogP contribution in [-0.4, -0.2) is 39.6 Å². The van der Waals surface area contributed by atoms with Gasteiger partial charge in [-0.25, -0.2) is 0 Å². The van der Waals surface area contributed by atoms with Crippen LogP contribution in [0.3, 0.4) is 0 Å². The van der Waals surface area contributed by atoms with E-state index < -0.39 is 0 Å². The van der Waals surface area contributed by atoms with Crippen molar-refractivity contribution in [2.24, 2.45) is 10.8 Å². The lowest BCUT2D eigenvalue weighted by atomic mass is 9.66. The maximum atomic E-state index is 5.62. The Balaban J connectivity index is 3.06. The van der Waals surface area contributed by atoms with Gasteiger partial charge < -0.3 is 18.9 Å². The first-order valence-corrected chi connectivity index (χ1v) is 16.4. The van der Waals surface area contributed by atoms with Crippen LogP contribution in [0.5, 0.6) is 0 Å². The third-order valence-electron chi connectivity index (χ3n) is 8.23. The van der Waals surface area contributed by atoms with E-state index in [0.717, 1.165) is 25.7 Å². The molecule has 44 heavy (non-hydrogen) atoms. The summed E-state index contributed by atoms with van der Waals surface area (Å²) in [7, 11) is 0. The number of hydrogen-bond donors (Lipinski definition) is 0. The van der Waals surface area contributed by atoms with Crippen LogP contribution in [-0.2, 0) is 35.2 Å². The van der Waals surface area contributed by atoms with Crippen LogP contribution < -0.4 is 0 Å². The molecule has 1 aromatic carbocycles. The van der Waals surface area contributed by atoms with Crippen molar-refractivity contribution in [3.05, 3.63) is 84.9 Å². The van der Waals surface area contributed by atoms with Gasteiger partial charge in [0, 0.05) is 0 Å². The SMILES string of the molecule is C=COCCOC/C=C/CC(C)(C)CC(C)(C)c1cc(C(C)(C)C)cc(C(C)(C)CC(C)(C)C/C=C/COCCOC=C)c1. The van der Waals surface area contributed by atoms with Gasteiger partial charge in [-0.3, -0.25) is 0 Å². The molecule has 0 unspecified atom stereocenters. The first kappa shape index (κ1) is 39.7. The zero-order chi connectivity index (χ0) is 33.5. The van der Waals surface area contributed by atoms with Crippen molar-refractivity contribution in [3.63, 3.8) is 0 Å². The maximum absolute atomic E-state index is 5.62. The lowest BCUT2D eigenvalue weighted by Crippen LogP contribution is -2.30. The molecule has 0 saturated carbocycles. The van der Waals surface area contributed by atoms with E-state index in [1.165, 1.54) is 29.2 Å². The molecule has 0 spiro atoms. The molecule has 250 valence electrons. The Labute approximate surface area is 272 Å². The zero-order valence-electron chi connectivity index (χ0n) is 30.3. The molecule has 0 heterocycles. The average molecular weight is 611 g/mol. The van der Waals surface area contributed by atoms with Crippen molar-refractivity contribution in [2.75, 3.05) is 39.6 Å². The van der Waals surface area contributed by atoms with Gasteiger partial charge in [0.25, 0.3) is 0 Å². The van der Waals surface area contributed by atoms with E-state index in [9.17, 15) is 0 Å². The van der Waals surface area contributed by atoms with Gasteiger partial charge in [0.1, 0.15) is 13.2 Å². The predicted molar refractivity (Wildman–Crippen MR) is 189 cm³/mol. The lowest BCUT2D eigenvalue weighted by Gasteiger charge is -2.39. The van der Waals surface area contributed by atoms with E-state index in [4.69, 9.17) is 18.9 Å². The van der Waals surface area contributed by atoms with Crippen LogP contribution in [0.2, 0.25) is 0 Å². The molecular weight excluding hydrogens is 544 g/mol. The predicted octanol–water partition coefficient (Wildman–Crippen LogP) is 10.6. The highest BCUT2D eigenvalue weighted by Gasteiger charge is 2.34. The molecule has 0 radical (unpaired) electrons. The second-order valence-electron chi connectivity index (χ2n) is 16.1. The molecule has 4 heteroatoms. The van der Waals surface area contributed by atoms with Crippen LogP contribution in [0.1, 0.15) is 119 Å². The molecule has 0 aliphatic rings. The summed E-state index contributed by atoms with van der Waals surface area (Å²) in [5, 5.41) is 0. The second kappa shape index (κ2) is 18.0. The van der Waals surface area contributed by atoms with Crippen LogP contribution in [0.4, 0.5) is 0 Å². The average Bonchev–Trinajstić information content (AvgIpc) is 2.89. The fourth-order valence-electron chi connectivity index (χ4n) is 6.21. The van der Waals surface area contributed by atoms with Crippen molar-refractivity contribution in [1.29, 1.82) is 0 Å². The van der Waals surface area contributed by atoms with Crippen molar-refractivity contribution >= 4 is 0 Å². The van der Waals surface area contributed by atoms with E-state index in [0.29, 0.717) is 39.6 Å². The number of hydrogen-bond acceptors (Lipinski definition) is 4. The van der Waals surface area contributed by atoms with E-state index >= 15 is 0 Å². The summed E-state index contributed by atoms with van der Waals surface area (Å²) < 4.78 is 21.5. The summed E-state index contributed by atoms with van der Waals surface area (Å²) in [4.78, 5) is 0. The monoisotopic (exact) mass is 610 g/mol. The number of allylic oxidation sites excluding steroid dienone is 2. The van der Waals surface area contributed by atoms with Gasteiger partial charge in [-0.15, -0.1) is 0 Å². The van der Waals surface area contributed by atoms with Crippen LogP contribution in [0.25, 0.3) is 0 Å². The number of rotatable bonds is 22. The van der Waals surface area contributed by atoms with Crippen molar-refractivity contribution in [2.45, 2.75) is 118 Å². The van der Waals surface area contributed by atoms with E-state index in [2.05, 4.69) is 132 Å². The van der Waals surface area contributed by atoms with E-state index in [-0.39, 0.29) is 27.1 Å². The molecule has 1 rings (SSSR count). The summed E-state index contributed by atoms with van der Waals surface area (Å²) in [5.41, 5.74) is 4.70. The fraction of sp³-hybridized carbons (Fsp3) is 0.650. The molecule has 0 fully saturated rings. The van der Waals surface area contributed by atoms with Crippen LogP contribution in [0.15, 0.2) is 68.2 Å². The summed E-state index contributed by atoms with van der Waals surface area (Å²) >= 11 is 0. The molecule has 0 aliphatic heterocycles. The van der Waals surface area contributed by atoms with Gasteiger partial charge in [-0.05, 0) is 69.4 Å². The standard InChI is InChI=1S/C40H66O4/c1-14-41-24-26-43-22-18-16-20-37(6,7)31-39(10,11)34-28-33(36(3,4)5)29-35(30-34)40(12,13)32-38(8,9)21-17-19-23-44-27-25-42-15-2/h14-19,28-30H,1-2,20-27,31-32H2,3-13H3/b18-16+,19-17+. The largest absolute Gasteiger partial charge is 0.499 e. The van der Waals surface area contributed by atoms with Gasteiger partial charge in [-0.1, -0.05) is 132 Å². The minimum Gasteiger partial charge on any atom is -0.499 e. The number of benzene rings is 1. The minimum absolute atomic E-state index is 0.0247. The third kappa shape index (κ3) is 15.6. The summed E-state index contributed by atoms with van der Waals surface area (Å²) in [6.45, 7) is 36.7. The molecule has 1 aromatic rings. The highest BCUT2D eigenvalue weighted by molar-refractivity contribution is 5.41. The third-order valence-corrected chi connectivity index (χ3v) is 8.23. The highest BCUT2D eigenvalue weighted by atomic mass is 16.5. The number of ether oxygens (including phenoxy) is 4. The Bertz CT molecular complexity index is 975. The van der Waals surface area contributed by atoms with Gasteiger partial charge in [0.05, 0.1) is 39.0 Å². The Morgan fingerprint density at radius 2 is 0.886 bits per heavy atom. The first-order valence-electron chi connectivity index (χ1n) is 16.4. The maximum Gasteiger partial charge on any atom is 0.111 e. The van der Waals surface area contributed by atoms with Crippen molar-refractivity contribution in [3.8, 4) is 0 Å². The quantitative estimate of drug-likeness (QED) is 0.0743. The normalized spacial score (nSPS) is 13.5. The fourth-order valence-corrected chi connectivity index (χ4v) is 6.21. The molecule has 0 N–H and O–H groups in total. The Hall–Kier alpha value is -2.30. The molecule has 0 saturated heterocycles. The summed E-state index contributed by atoms with van der Waals surface area (Å²) in [5.74, 6) is 0. The first-order chi connectivity index (χ1) is 20.4. The highest BCUT2D eigenvalue weighted by Crippen LogP contribution is 2.44. The lowest BCUT2D eigenvalue weighted by molar-refractivity contribution is 0.102. The van der Waals surface area contributed by atoms with Crippen molar-refractivity contribution < 1.29 is 18.9 Å². The molecule has 0 amide bonds. The summed E-state index contributed by atoms with van der Waals surface area (Å²) in [6.07, 6.45) is 15.9. The van der Waals surface area contributed by atoms with Crippen molar-refractivity contribution in [1.82, 2.24) is 0 Å². The molecule has 0 bridgehead atoms. The Morgan fingerprint density at radius 1 is 0.523 bits per heavy atom. The molecule has 0 atom stereocenters. The van der Waals surface area contributed by atoms with Crippen LogP contribution in [0, 0.1) is 10.8 Å². The van der Waals surface area contributed by atoms with Crippen LogP contribution >= 0.6 is 0 Å². The Morgan fingerprint density at radius 3 is 1.23 bits per heavy atom. The topological polar surface area (TPSA) is 36.9 Å². The van der Waals surface area contributed by atoms with Gasteiger partial charge >= 0.3 is 0 Å². The van der Waals surface area contributed by atoms with Gasteiger partial charge in [0.15, 0.2) is 0 Å². The molecule has 0 aliphatic carbocycles. The zero-order valence-corrected chi connectivity index (χ0v) is 30.3. The summed E-state index contributed by atoms with van der Waals surface area (Å²) in [6, 6.07) is 7.45. The smallest absolute Gasteiger partial charge is 0.111 e. The minimum atomic E-state index is 0.0247. The van der Waals surface area contributed by atoms with Gasteiger partial charge in [-0.2, -0.15) is 0 Å². The second-order valence-corrected chi connectivity index (χ2v) is 16.1. The molecule has 4 nitrogen and oxygen atoms in total. The Kier molecular flexibility index (Phi) is 16.2. The molecular formula is C40H66O4. The van der Waals surface area contributed by atoms with E-state index in [1.807, 2.05) is 0 Å². The molecule has 0 aromatic heterocycles.